The topological polar surface area (TPSA) is 50.8 Å². The molecule has 0 saturated heterocycles. The summed E-state index contributed by atoms with van der Waals surface area (Å²) in [5, 5.41) is 17.5. The van der Waals surface area contributed by atoms with Gasteiger partial charge in [0.1, 0.15) is 0 Å². The molecule has 3 nitrogen and oxygen atoms in total. The van der Waals surface area contributed by atoms with E-state index in [4.69, 9.17) is 10.5 Å². The van der Waals surface area contributed by atoms with Crippen molar-refractivity contribution >= 4 is 5.69 Å². The van der Waals surface area contributed by atoms with Crippen LogP contribution in [0.25, 0.3) is 0 Å². The van der Waals surface area contributed by atoms with E-state index < -0.39 is 17.3 Å². The molecule has 0 atom stereocenters. The quantitative estimate of drug-likeness (QED) is 0.826. The number of halogens is 3. The highest BCUT2D eigenvalue weighted by Crippen LogP contribution is 2.34. The van der Waals surface area contributed by atoms with Gasteiger partial charge >= 0.3 is 6.18 Å². The largest absolute Gasteiger partial charge is 0.417 e. The van der Waals surface area contributed by atoms with Crippen LogP contribution in [0.1, 0.15) is 31.4 Å². The first-order valence-electron chi connectivity index (χ1n) is 6.52. The monoisotopic (exact) mass is 295 g/mol. The lowest BCUT2D eigenvalue weighted by molar-refractivity contribution is -0.137. The number of benzene rings is 1. The highest BCUT2D eigenvalue weighted by atomic mass is 19.4. The third kappa shape index (κ3) is 4.68. The zero-order valence-electron chi connectivity index (χ0n) is 11.9. The summed E-state index contributed by atoms with van der Waals surface area (Å²) in [6, 6.07) is 7.21. The number of nitriles is 2. The molecule has 6 heteroatoms. The third-order valence-electron chi connectivity index (χ3n) is 2.87. The van der Waals surface area contributed by atoms with Crippen LogP contribution in [0.4, 0.5) is 18.9 Å². The predicted molar refractivity (Wildman–Crippen MR) is 73.4 cm³/mol. The maximum atomic E-state index is 13.0. The zero-order chi connectivity index (χ0) is 16.0. The summed E-state index contributed by atoms with van der Waals surface area (Å²) in [4.78, 5) is 1.74. The van der Waals surface area contributed by atoms with Crippen LogP contribution in [0.5, 0.6) is 0 Å². The molecule has 0 fully saturated rings. The molecule has 1 aromatic carbocycles. The molecule has 0 aromatic heterocycles. The molecule has 0 heterocycles. The summed E-state index contributed by atoms with van der Waals surface area (Å²) in [5.41, 5.74) is -0.950. The standard InChI is InChI=1S/C15H16F3N3/c1-11(2)10-21(7-3-6-19)13-5-4-12(9-20)14(8-13)15(16,17)18/h4-5,8,11H,3,7,10H2,1-2H3. The average molecular weight is 295 g/mol. The van der Waals surface area contributed by atoms with Gasteiger partial charge in [0.15, 0.2) is 0 Å². The van der Waals surface area contributed by atoms with E-state index in [1.807, 2.05) is 19.9 Å². The van der Waals surface area contributed by atoms with Gasteiger partial charge in [0, 0.05) is 18.8 Å². The second-order valence-electron chi connectivity index (χ2n) is 5.09. The molecule has 112 valence electrons. The van der Waals surface area contributed by atoms with E-state index in [9.17, 15) is 13.2 Å². The summed E-state index contributed by atoms with van der Waals surface area (Å²) in [7, 11) is 0. The molecule has 1 rings (SSSR count). The first-order valence-corrected chi connectivity index (χ1v) is 6.52. The minimum Gasteiger partial charge on any atom is -0.370 e. The van der Waals surface area contributed by atoms with E-state index >= 15 is 0 Å². The van der Waals surface area contributed by atoms with Crippen molar-refractivity contribution in [3.05, 3.63) is 29.3 Å². The van der Waals surface area contributed by atoms with Crippen molar-refractivity contribution in [1.82, 2.24) is 0 Å². The van der Waals surface area contributed by atoms with Crippen molar-refractivity contribution in [3.63, 3.8) is 0 Å². The molecule has 0 N–H and O–H groups in total. The van der Waals surface area contributed by atoms with Crippen LogP contribution >= 0.6 is 0 Å². The Labute approximate surface area is 122 Å². The molecule has 0 saturated carbocycles. The summed E-state index contributed by atoms with van der Waals surface area (Å²) in [5.74, 6) is 0.244. The van der Waals surface area contributed by atoms with Gasteiger partial charge in [-0.3, -0.25) is 0 Å². The van der Waals surface area contributed by atoms with Crippen LogP contribution in [0.15, 0.2) is 18.2 Å². The predicted octanol–water partition coefficient (Wildman–Crippen LogP) is 3.95. The lowest BCUT2D eigenvalue weighted by Crippen LogP contribution is -2.29. The number of hydrogen-bond donors (Lipinski definition) is 0. The van der Waals surface area contributed by atoms with Crippen LogP contribution in [0, 0.1) is 28.6 Å². The molecule has 1 aromatic rings. The molecule has 0 unspecified atom stereocenters. The van der Waals surface area contributed by atoms with Gasteiger partial charge in [-0.1, -0.05) is 13.8 Å². The molecule has 0 aliphatic rings. The van der Waals surface area contributed by atoms with Gasteiger partial charge in [-0.2, -0.15) is 23.7 Å². The Bertz CT molecular complexity index is 565. The van der Waals surface area contributed by atoms with Gasteiger partial charge in [-0.25, -0.2) is 0 Å². The van der Waals surface area contributed by atoms with Crippen molar-refractivity contribution in [1.29, 1.82) is 10.5 Å². The molecule has 0 radical (unpaired) electrons. The number of anilines is 1. The Morgan fingerprint density at radius 1 is 1.24 bits per heavy atom. The summed E-state index contributed by atoms with van der Waals surface area (Å²) >= 11 is 0. The van der Waals surface area contributed by atoms with E-state index in [1.54, 1.807) is 11.0 Å². The van der Waals surface area contributed by atoms with E-state index in [0.717, 1.165) is 6.07 Å². The Morgan fingerprint density at radius 2 is 1.90 bits per heavy atom. The van der Waals surface area contributed by atoms with Gasteiger partial charge in [-0.05, 0) is 24.1 Å². The van der Waals surface area contributed by atoms with Crippen LogP contribution in [0.3, 0.4) is 0 Å². The summed E-state index contributed by atoms with van der Waals surface area (Å²) in [6.45, 7) is 4.81. The van der Waals surface area contributed by atoms with Gasteiger partial charge < -0.3 is 4.90 Å². The second kappa shape index (κ2) is 6.99. The number of nitrogens with zero attached hydrogens (tertiary/aromatic N) is 3. The lowest BCUT2D eigenvalue weighted by Gasteiger charge is -2.26. The summed E-state index contributed by atoms with van der Waals surface area (Å²) in [6.07, 6.45) is -4.34. The van der Waals surface area contributed by atoms with E-state index in [-0.39, 0.29) is 12.3 Å². The first kappa shape index (κ1) is 16.8. The smallest absolute Gasteiger partial charge is 0.370 e. The SMILES string of the molecule is CC(C)CN(CCC#N)c1ccc(C#N)c(C(F)(F)F)c1. The van der Waals surface area contributed by atoms with Crippen molar-refractivity contribution in [2.45, 2.75) is 26.4 Å². The molecule has 0 aliphatic carbocycles. The van der Waals surface area contributed by atoms with Crippen molar-refractivity contribution in [3.8, 4) is 12.1 Å². The van der Waals surface area contributed by atoms with Gasteiger partial charge in [0.05, 0.1) is 29.7 Å². The number of alkyl halides is 3. The summed E-state index contributed by atoms with van der Waals surface area (Å²) < 4.78 is 38.9. The molecule has 0 amide bonds. The number of hydrogen-bond acceptors (Lipinski definition) is 3. The Kier molecular flexibility index (Phi) is 5.60. The molecule has 21 heavy (non-hydrogen) atoms. The fourth-order valence-electron chi connectivity index (χ4n) is 2.01. The van der Waals surface area contributed by atoms with Crippen LogP contribution in [-0.4, -0.2) is 13.1 Å². The second-order valence-corrected chi connectivity index (χ2v) is 5.09. The molecular weight excluding hydrogens is 279 g/mol. The Balaban J connectivity index is 3.21. The Hall–Kier alpha value is -2.21. The lowest BCUT2D eigenvalue weighted by atomic mass is 10.1. The van der Waals surface area contributed by atoms with E-state index in [2.05, 4.69) is 0 Å². The van der Waals surface area contributed by atoms with Gasteiger partial charge in [-0.15, -0.1) is 0 Å². The van der Waals surface area contributed by atoms with Gasteiger partial charge in [0.25, 0.3) is 0 Å². The van der Waals surface area contributed by atoms with E-state index in [1.165, 1.54) is 12.1 Å². The van der Waals surface area contributed by atoms with Crippen LogP contribution in [-0.2, 0) is 6.18 Å². The Morgan fingerprint density at radius 3 is 2.38 bits per heavy atom. The van der Waals surface area contributed by atoms with E-state index in [0.29, 0.717) is 18.8 Å². The molecular formula is C15H16F3N3. The minimum absolute atomic E-state index is 0.230. The molecule has 0 aliphatic heterocycles. The molecule has 0 bridgehead atoms. The van der Waals surface area contributed by atoms with Crippen LogP contribution in [0.2, 0.25) is 0 Å². The van der Waals surface area contributed by atoms with Crippen molar-refractivity contribution in [2.75, 3.05) is 18.0 Å². The van der Waals surface area contributed by atoms with Gasteiger partial charge in [0.2, 0.25) is 0 Å². The third-order valence-corrected chi connectivity index (χ3v) is 2.87. The van der Waals surface area contributed by atoms with Crippen molar-refractivity contribution in [2.24, 2.45) is 5.92 Å². The highest BCUT2D eigenvalue weighted by Gasteiger charge is 2.34. The average Bonchev–Trinajstić information content (AvgIpc) is 2.41. The fraction of sp³-hybridized carbons (Fsp3) is 0.467. The fourth-order valence-corrected chi connectivity index (χ4v) is 2.01. The van der Waals surface area contributed by atoms with Crippen molar-refractivity contribution < 1.29 is 13.2 Å². The number of rotatable bonds is 5. The first-order chi connectivity index (χ1) is 9.79. The zero-order valence-corrected chi connectivity index (χ0v) is 11.9. The minimum atomic E-state index is -4.57. The highest BCUT2D eigenvalue weighted by molar-refractivity contribution is 5.55. The maximum Gasteiger partial charge on any atom is 0.417 e. The maximum absolute atomic E-state index is 13.0. The normalized spacial score (nSPS) is 11.0. The van der Waals surface area contributed by atoms with Crippen LogP contribution < -0.4 is 4.90 Å². The molecule has 0 spiro atoms.